The lowest BCUT2D eigenvalue weighted by molar-refractivity contribution is 1.24. The first-order valence-corrected chi connectivity index (χ1v) is 10.4. The van der Waals surface area contributed by atoms with Crippen molar-refractivity contribution in [3.8, 4) is 0 Å². The molecule has 0 aromatic heterocycles. The highest BCUT2D eigenvalue weighted by atomic mass is 35.5. The fraction of sp³-hybridized carbons (Fsp3) is 0.0476. The minimum Gasteiger partial charge on any atom is -0.377 e. The lowest BCUT2D eigenvalue weighted by Crippen LogP contribution is -2.06. The molecule has 0 saturated heterocycles. The van der Waals surface area contributed by atoms with E-state index in [0.717, 1.165) is 26.1 Å². The third kappa shape index (κ3) is 6.47. The van der Waals surface area contributed by atoms with Gasteiger partial charge in [0.25, 0.3) is 0 Å². The first-order chi connectivity index (χ1) is 13.2. The topological polar surface area (TPSA) is 50.7 Å². The van der Waals surface area contributed by atoms with Crippen LogP contribution in [0, 0.1) is 0 Å². The molecule has 0 atom stereocenters. The molecule has 0 aliphatic heterocycles. The second kappa shape index (κ2) is 10.2. The average Bonchev–Trinajstić information content (AvgIpc) is 2.70. The Morgan fingerprint density at radius 1 is 0.926 bits per heavy atom. The zero-order valence-corrected chi connectivity index (χ0v) is 16.8. The molecule has 3 aromatic carbocycles. The lowest BCUT2D eigenvalue weighted by atomic mass is 10.2. The summed E-state index contributed by atoms with van der Waals surface area (Å²) in [7, 11) is 0. The number of halogens is 1. The van der Waals surface area contributed by atoms with Crippen molar-refractivity contribution in [2.45, 2.75) is 15.5 Å². The van der Waals surface area contributed by atoms with Gasteiger partial charge in [0.15, 0.2) is 5.17 Å². The van der Waals surface area contributed by atoms with Gasteiger partial charge in [-0.05, 0) is 35.9 Å². The predicted octanol–water partition coefficient (Wildman–Crippen LogP) is 6.07. The van der Waals surface area contributed by atoms with E-state index >= 15 is 0 Å². The largest absolute Gasteiger partial charge is 0.377 e. The Hall–Kier alpha value is -2.21. The summed E-state index contributed by atoms with van der Waals surface area (Å²) in [6, 6.07) is 25.9. The molecular formula is C21H18ClN3S2. The normalized spacial score (nSPS) is 11.8. The number of amidine groups is 1. The minimum atomic E-state index is 0.443. The Balaban J connectivity index is 1.63. The van der Waals surface area contributed by atoms with Crippen LogP contribution in [0.2, 0.25) is 5.02 Å². The quantitative estimate of drug-likeness (QED) is 0.304. The van der Waals surface area contributed by atoms with Gasteiger partial charge in [-0.3, -0.25) is 0 Å². The van der Waals surface area contributed by atoms with Gasteiger partial charge in [0, 0.05) is 26.1 Å². The summed E-state index contributed by atoms with van der Waals surface area (Å²) >= 11 is 9.07. The zero-order chi connectivity index (χ0) is 18.9. The van der Waals surface area contributed by atoms with Crippen molar-refractivity contribution in [2.75, 3.05) is 0 Å². The first kappa shape index (κ1) is 19.5. The Morgan fingerprint density at radius 2 is 1.63 bits per heavy atom. The van der Waals surface area contributed by atoms with Gasteiger partial charge < -0.3 is 5.73 Å². The van der Waals surface area contributed by atoms with E-state index in [0.29, 0.717) is 5.17 Å². The van der Waals surface area contributed by atoms with Gasteiger partial charge in [0.1, 0.15) is 0 Å². The summed E-state index contributed by atoms with van der Waals surface area (Å²) < 4.78 is 0. The van der Waals surface area contributed by atoms with Crippen LogP contribution >= 0.6 is 35.1 Å². The van der Waals surface area contributed by atoms with E-state index in [-0.39, 0.29) is 0 Å². The highest BCUT2D eigenvalue weighted by molar-refractivity contribution is 8.13. The summed E-state index contributed by atoms with van der Waals surface area (Å²) in [6.07, 6.45) is 1.73. The number of hydrogen-bond donors (Lipinski definition) is 1. The monoisotopic (exact) mass is 411 g/mol. The molecule has 3 rings (SSSR count). The van der Waals surface area contributed by atoms with Crippen molar-refractivity contribution in [3.05, 3.63) is 95.0 Å². The molecule has 0 radical (unpaired) electrons. The fourth-order valence-electron chi connectivity index (χ4n) is 2.22. The molecule has 0 unspecified atom stereocenters. The van der Waals surface area contributed by atoms with Crippen LogP contribution in [-0.2, 0) is 5.75 Å². The lowest BCUT2D eigenvalue weighted by Gasteiger charge is -2.05. The molecule has 0 aliphatic rings. The van der Waals surface area contributed by atoms with E-state index in [4.69, 9.17) is 17.3 Å². The number of thioether (sulfide) groups is 1. The number of benzene rings is 3. The summed E-state index contributed by atoms with van der Waals surface area (Å²) in [5, 5.41) is 9.42. The molecule has 0 saturated carbocycles. The highest BCUT2D eigenvalue weighted by Gasteiger charge is 2.02. The van der Waals surface area contributed by atoms with Crippen molar-refractivity contribution < 1.29 is 0 Å². The summed E-state index contributed by atoms with van der Waals surface area (Å²) in [6.45, 7) is 0. The molecule has 0 fully saturated rings. The smallest absolute Gasteiger partial charge is 0.180 e. The third-order valence-electron chi connectivity index (χ3n) is 3.54. The first-order valence-electron chi connectivity index (χ1n) is 8.26. The number of nitrogens with two attached hydrogens (primary N) is 1. The van der Waals surface area contributed by atoms with Gasteiger partial charge in [-0.1, -0.05) is 83.7 Å². The predicted molar refractivity (Wildman–Crippen MR) is 119 cm³/mol. The van der Waals surface area contributed by atoms with Crippen LogP contribution in [0.1, 0.15) is 11.1 Å². The molecule has 136 valence electrons. The number of nitrogens with zero attached hydrogens (tertiary/aromatic N) is 2. The summed E-state index contributed by atoms with van der Waals surface area (Å²) in [4.78, 5) is 2.20. The SMILES string of the molecule is NC(=NN=Cc1ccccc1Sc1ccc(Cl)cc1)SCc1ccccc1. The van der Waals surface area contributed by atoms with Gasteiger partial charge in [0.2, 0.25) is 0 Å². The van der Waals surface area contributed by atoms with Crippen LogP contribution in [0.15, 0.2) is 98.9 Å². The maximum Gasteiger partial charge on any atom is 0.180 e. The molecule has 0 bridgehead atoms. The molecule has 0 amide bonds. The molecule has 3 aromatic rings. The molecule has 0 aliphatic carbocycles. The molecule has 2 N–H and O–H groups in total. The second-order valence-electron chi connectivity index (χ2n) is 5.55. The Morgan fingerprint density at radius 3 is 2.41 bits per heavy atom. The molecule has 0 heterocycles. The van der Waals surface area contributed by atoms with E-state index in [1.807, 2.05) is 60.7 Å². The van der Waals surface area contributed by atoms with Gasteiger partial charge in [-0.2, -0.15) is 5.10 Å². The highest BCUT2D eigenvalue weighted by Crippen LogP contribution is 2.30. The van der Waals surface area contributed by atoms with Gasteiger partial charge >= 0.3 is 0 Å². The van der Waals surface area contributed by atoms with Crippen molar-refractivity contribution in [1.29, 1.82) is 0 Å². The van der Waals surface area contributed by atoms with E-state index < -0.39 is 0 Å². The maximum atomic E-state index is 5.95. The van der Waals surface area contributed by atoms with Gasteiger partial charge in [0.05, 0.1) is 6.21 Å². The van der Waals surface area contributed by atoms with Crippen LogP contribution in [0.3, 0.4) is 0 Å². The van der Waals surface area contributed by atoms with Crippen molar-refractivity contribution in [2.24, 2.45) is 15.9 Å². The van der Waals surface area contributed by atoms with Crippen LogP contribution < -0.4 is 5.73 Å². The molecule has 3 nitrogen and oxygen atoms in total. The van der Waals surface area contributed by atoms with Crippen LogP contribution in [0.25, 0.3) is 0 Å². The van der Waals surface area contributed by atoms with E-state index in [2.05, 4.69) is 28.4 Å². The number of hydrogen-bond acceptors (Lipinski definition) is 4. The van der Waals surface area contributed by atoms with Crippen molar-refractivity contribution in [3.63, 3.8) is 0 Å². The van der Waals surface area contributed by atoms with Crippen LogP contribution in [0.5, 0.6) is 0 Å². The standard InChI is InChI=1S/C21H18ClN3S2/c22-18-10-12-19(13-11-18)27-20-9-5-4-8-17(20)14-24-25-21(23)26-15-16-6-2-1-3-7-16/h1-14H,15H2,(H2,23,25). The Bertz CT molecular complexity index is 926. The van der Waals surface area contributed by atoms with Crippen LogP contribution in [0.4, 0.5) is 0 Å². The summed E-state index contributed by atoms with van der Waals surface area (Å²) in [5.74, 6) is 0.773. The third-order valence-corrected chi connectivity index (χ3v) is 5.75. The van der Waals surface area contributed by atoms with Gasteiger partial charge in [-0.25, -0.2) is 0 Å². The Kier molecular flexibility index (Phi) is 7.39. The van der Waals surface area contributed by atoms with E-state index in [1.165, 1.54) is 17.3 Å². The molecule has 0 spiro atoms. The molecule has 6 heteroatoms. The van der Waals surface area contributed by atoms with Crippen LogP contribution in [-0.4, -0.2) is 11.4 Å². The zero-order valence-electron chi connectivity index (χ0n) is 14.5. The minimum absolute atomic E-state index is 0.443. The van der Waals surface area contributed by atoms with Crippen molar-refractivity contribution >= 4 is 46.5 Å². The average molecular weight is 412 g/mol. The van der Waals surface area contributed by atoms with E-state index in [9.17, 15) is 0 Å². The molecular weight excluding hydrogens is 394 g/mol. The second-order valence-corrected chi connectivity index (χ2v) is 8.10. The van der Waals surface area contributed by atoms with E-state index in [1.54, 1.807) is 18.0 Å². The molecule has 27 heavy (non-hydrogen) atoms. The Labute approximate surface area is 172 Å². The number of rotatable bonds is 6. The maximum absolute atomic E-state index is 5.95. The van der Waals surface area contributed by atoms with Gasteiger partial charge in [-0.15, -0.1) is 5.10 Å². The van der Waals surface area contributed by atoms with Crippen molar-refractivity contribution in [1.82, 2.24) is 0 Å². The fourth-order valence-corrected chi connectivity index (χ4v) is 3.87. The summed E-state index contributed by atoms with van der Waals surface area (Å²) in [5.41, 5.74) is 8.13.